The van der Waals surface area contributed by atoms with Gasteiger partial charge in [-0.2, -0.15) is 0 Å². The van der Waals surface area contributed by atoms with E-state index in [4.69, 9.17) is 19.2 Å². The van der Waals surface area contributed by atoms with E-state index in [1.54, 1.807) is 32.4 Å². The SMILES string of the molecule is CCOc1ccc(-c2cc(C(=O)Nc3ccc(OC)cc3OC)c3ccccc3n2)cc1. The summed E-state index contributed by atoms with van der Waals surface area (Å²) in [7, 11) is 3.13. The zero-order valence-corrected chi connectivity index (χ0v) is 18.2. The Morgan fingerprint density at radius 1 is 0.906 bits per heavy atom. The van der Waals surface area contributed by atoms with Gasteiger partial charge >= 0.3 is 0 Å². The normalized spacial score (nSPS) is 10.6. The average molecular weight is 428 g/mol. The lowest BCUT2D eigenvalue weighted by molar-refractivity contribution is 0.102. The summed E-state index contributed by atoms with van der Waals surface area (Å²) in [5, 5.41) is 3.73. The molecule has 0 radical (unpaired) electrons. The molecule has 0 spiro atoms. The lowest BCUT2D eigenvalue weighted by atomic mass is 10.0. The number of amides is 1. The molecule has 0 aliphatic rings. The highest BCUT2D eigenvalue weighted by Gasteiger charge is 2.16. The summed E-state index contributed by atoms with van der Waals surface area (Å²) in [5.41, 5.74) is 3.43. The fourth-order valence-electron chi connectivity index (χ4n) is 3.49. The zero-order valence-electron chi connectivity index (χ0n) is 18.2. The van der Waals surface area contributed by atoms with Crippen molar-refractivity contribution in [2.45, 2.75) is 6.92 Å². The minimum absolute atomic E-state index is 0.251. The molecule has 0 saturated heterocycles. The van der Waals surface area contributed by atoms with Gasteiger partial charge in [0.25, 0.3) is 5.91 Å². The van der Waals surface area contributed by atoms with Crippen molar-refractivity contribution in [1.29, 1.82) is 0 Å². The summed E-state index contributed by atoms with van der Waals surface area (Å²) in [6.07, 6.45) is 0. The molecule has 6 nitrogen and oxygen atoms in total. The Labute approximate surface area is 186 Å². The van der Waals surface area contributed by atoms with Gasteiger partial charge in [-0.05, 0) is 55.5 Å². The summed E-state index contributed by atoms with van der Waals surface area (Å²) in [4.78, 5) is 18.1. The number of hydrogen-bond donors (Lipinski definition) is 1. The number of nitrogens with one attached hydrogen (secondary N) is 1. The van der Waals surface area contributed by atoms with E-state index in [9.17, 15) is 4.79 Å². The second kappa shape index (κ2) is 9.39. The second-order valence-electron chi connectivity index (χ2n) is 7.05. The van der Waals surface area contributed by atoms with E-state index < -0.39 is 0 Å². The molecule has 0 atom stereocenters. The molecular formula is C26H24N2O4. The fraction of sp³-hybridized carbons (Fsp3) is 0.154. The molecule has 4 rings (SSSR count). The zero-order chi connectivity index (χ0) is 22.5. The van der Waals surface area contributed by atoms with Crippen molar-refractivity contribution in [2.75, 3.05) is 26.1 Å². The Balaban J connectivity index is 1.74. The monoisotopic (exact) mass is 428 g/mol. The van der Waals surface area contributed by atoms with Crippen LogP contribution in [0.4, 0.5) is 5.69 Å². The lowest BCUT2D eigenvalue weighted by Gasteiger charge is -2.14. The van der Waals surface area contributed by atoms with Gasteiger partial charge in [-0.3, -0.25) is 4.79 Å². The fourth-order valence-corrected chi connectivity index (χ4v) is 3.49. The number of benzene rings is 3. The van der Waals surface area contributed by atoms with Gasteiger partial charge < -0.3 is 19.5 Å². The van der Waals surface area contributed by atoms with Crippen LogP contribution in [0.15, 0.2) is 72.8 Å². The molecule has 0 saturated carbocycles. The van der Waals surface area contributed by atoms with E-state index >= 15 is 0 Å². The van der Waals surface area contributed by atoms with Gasteiger partial charge in [0.05, 0.1) is 43.3 Å². The third-order valence-electron chi connectivity index (χ3n) is 5.08. The van der Waals surface area contributed by atoms with Crippen LogP contribution < -0.4 is 19.5 Å². The van der Waals surface area contributed by atoms with Crippen molar-refractivity contribution >= 4 is 22.5 Å². The Kier molecular flexibility index (Phi) is 6.22. The maximum Gasteiger partial charge on any atom is 0.256 e. The number of fused-ring (bicyclic) bond motifs is 1. The first-order valence-corrected chi connectivity index (χ1v) is 10.3. The number of para-hydroxylation sites is 1. The average Bonchev–Trinajstić information content (AvgIpc) is 2.84. The molecule has 4 aromatic rings. The molecule has 1 N–H and O–H groups in total. The van der Waals surface area contributed by atoms with Gasteiger partial charge in [-0.1, -0.05) is 18.2 Å². The van der Waals surface area contributed by atoms with Crippen LogP contribution in [0.2, 0.25) is 0 Å². The lowest BCUT2D eigenvalue weighted by Crippen LogP contribution is -2.14. The van der Waals surface area contributed by atoms with E-state index in [-0.39, 0.29) is 5.91 Å². The van der Waals surface area contributed by atoms with Crippen LogP contribution >= 0.6 is 0 Å². The van der Waals surface area contributed by atoms with E-state index in [1.807, 2.05) is 61.5 Å². The molecule has 0 unspecified atom stereocenters. The quantitative estimate of drug-likeness (QED) is 0.417. The molecule has 0 aliphatic carbocycles. The van der Waals surface area contributed by atoms with Gasteiger partial charge in [0, 0.05) is 17.0 Å². The van der Waals surface area contributed by atoms with Gasteiger partial charge in [-0.15, -0.1) is 0 Å². The van der Waals surface area contributed by atoms with Crippen molar-refractivity contribution in [2.24, 2.45) is 0 Å². The Morgan fingerprint density at radius 3 is 2.38 bits per heavy atom. The van der Waals surface area contributed by atoms with Crippen LogP contribution in [0.3, 0.4) is 0 Å². The van der Waals surface area contributed by atoms with Crippen molar-refractivity contribution < 1.29 is 19.0 Å². The van der Waals surface area contributed by atoms with Crippen LogP contribution in [0, 0.1) is 0 Å². The number of pyridine rings is 1. The van der Waals surface area contributed by atoms with Crippen molar-refractivity contribution in [3.05, 3.63) is 78.4 Å². The van der Waals surface area contributed by atoms with Crippen LogP contribution in [-0.4, -0.2) is 31.7 Å². The van der Waals surface area contributed by atoms with E-state index in [2.05, 4.69) is 5.32 Å². The number of anilines is 1. The Bertz CT molecular complexity index is 1250. The number of carbonyl (C=O) groups is 1. The molecule has 1 heterocycles. The maximum atomic E-state index is 13.3. The third-order valence-corrected chi connectivity index (χ3v) is 5.08. The molecule has 0 aliphatic heterocycles. The number of rotatable bonds is 7. The minimum Gasteiger partial charge on any atom is -0.497 e. The van der Waals surface area contributed by atoms with Gasteiger partial charge in [0.15, 0.2) is 0 Å². The molecule has 32 heavy (non-hydrogen) atoms. The summed E-state index contributed by atoms with van der Waals surface area (Å²) in [5.74, 6) is 1.70. The van der Waals surface area contributed by atoms with Crippen LogP contribution in [0.1, 0.15) is 17.3 Å². The largest absolute Gasteiger partial charge is 0.497 e. The highest BCUT2D eigenvalue weighted by atomic mass is 16.5. The van der Waals surface area contributed by atoms with Crippen molar-refractivity contribution in [3.63, 3.8) is 0 Å². The topological polar surface area (TPSA) is 69.7 Å². The number of aromatic nitrogens is 1. The number of methoxy groups -OCH3 is 2. The van der Waals surface area contributed by atoms with Gasteiger partial charge in [-0.25, -0.2) is 4.98 Å². The van der Waals surface area contributed by atoms with Gasteiger partial charge in [0.2, 0.25) is 0 Å². The van der Waals surface area contributed by atoms with Crippen molar-refractivity contribution in [1.82, 2.24) is 4.98 Å². The molecule has 6 heteroatoms. The predicted molar refractivity (Wildman–Crippen MR) is 126 cm³/mol. The van der Waals surface area contributed by atoms with E-state index in [0.29, 0.717) is 35.1 Å². The van der Waals surface area contributed by atoms with Crippen LogP contribution in [-0.2, 0) is 0 Å². The second-order valence-corrected chi connectivity index (χ2v) is 7.05. The first kappa shape index (κ1) is 21.2. The molecule has 3 aromatic carbocycles. The summed E-state index contributed by atoms with van der Waals surface area (Å²) >= 11 is 0. The number of ether oxygens (including phenoxy) is 3. The molecule has 1 aromatic heterocycles. The minimum atomic E-state index is -0.251. The van der Waals surface area contributed by atoms with Crippen LogP contribution in [0.25, 0.3) is 22.2 Å². The van der Waals surface area contributed by atoms with E-state index in [1.165, 1.54) is 0 Å². The number of carbonyl (C=O) groups excluding carboxylic acids is 1. The highest BCUT2D eigenvalue weighted by molar-refractivity contribution is 6.13. The molecule has 0 bridgehead atoms. The smallest absolute Gasteiger partial charge is 0.256 e. The Hall–Kier alpha value is -4.06. The van der Waals surface area contributed by atoms with E-state index in [0.717, 1.165) is 22.2 Å². The first-order valence-electron chi connectivity index (χ1n) is 10.3. The number of nitrogens with zero attached hydrogens (tertiary/aromatic N) is 1. The summed E-state index contributed by atoms with van der Waals surface area (Å²) < 4.78 is 16.2. The standard InChI is InChI=1S/C26H24N2O4/c1-4-32-18-11-9-17(10-12-18)24-16-21(20-7-5-6-8-22(20)27-24)26(29)28-23-14-13-19(30-2)15-25(23)31-3/h5-16H,4H2,1-3H3,(H,28,29). The summed E-state index contributed by atoms with van der Waals surface area (Å²) in [6, 6.07) is 22.3. The first-order chi connectivity index (χ1) is 15.6. The third kappa shape index (κ3) is 4.34. The summed E-state index contributed by atoms with van der Waals surface area (Å²) in [6.45, 7) is 2.55. The van der Waals surface area contributed by atoms with Crippen molar-refractivity contribution in [3.8, 4) is 28.5 Å². The molecule has 162 valence electrons. The maximum absolute atomic E-state index is 13.3. The van der Waals surface area contributed by atoms with Gasteiger partial charge in [0.1, 0.15) is 17.2 Å². The molecule has 1 amide bonds. The molecule has 0 fully saturated rings. The van der Waals surface area contributed by atoms with Crippen LogP contribution in [0.5, 0.6) is 17.2 Å². The highest BCUT2D eigenvalue weighted by Crippen LogP contribution is 2.31. The number of hydrogen-bond acceptors (Lipinski definition) is 5. The molecular weight excluding hydrogens is 404 g/mol. The predicted octanol–water partition coefficient (Wildman–Crippen LogP) is 5.57. The Morgan fingerprint density at radius 2 is 1.66 bits per heavy atom.